The number of anilines is 12. The van der Waals surface area contributed by atoms with Crippen molar-refractivity contribution in [1.29, 1.82) is 0 Å². The van der Waals surface area contributed by atoms with E-state index in [1.165, 1.54) is 89.4 Å². The predicted molar refractivity (Wildman–Crippen MR) is 264 cm³/mol. The molecule has 0 saturated carbocycles. The van der Waals surface area contributed by atoms with Crippen molar-refractivity contribution in [2.45, 2.75) is 13.8 Å². The van der Waals surface area contributed by atoms with Crippen LogP contribution in [0.5, 0.6) is 0 Å². The summed E-state index contributed by atoms with van der Waals surface area (Å²) in [7, 11) is 0. The smallest absolute Gasteiger partial charge is 0.252 e. The van der Waals surface area contributed by atoms with E-state index in [1.807, 2.05) is 0 Å². The topological polar surface area (TPSA) is 13.0 Å². The Bertz CT molecular complexity index is 3030. The van der Waals surface area contributed by atoms with Gasteiger partial charge in [-0.05, 0) is 149 Å². The van der Waals surface area contributed by atoms with Gasteiger partial charge in [0.25, 0.3) is 13.4 Å². The van der Waals surface area contributed by atoms with Crippen LogP contribution in [0.3, 0.4) is 0 Å². The van der Waals surface area contributed by atoms with Crippen LogP contribution in [-0.4, -0.2) is 13.4 Å². The summed E-state index contributed by atoms with van der Waals surface area (Å²) in [6, 6.07) is 76.7. The average Bonchev–Trinajstić information content (AvgIpc) is 3.31. The molecule has 0 atom stereocenters. The summed E-state index contributed by atoms with van der Waals surface area (Å²) in [4.78, 5) is 10.1. The Balaban J connectivity index is 1.15. The first kappa shape index (κ1) is 35.1. The van der Waals surface area contributed by atoms with E-state index in [9.17, 15) is 0 Å². The number of benzene rings is 9. The SMILES string of the molecule is Cc1cc2c3c(c1)N(c1ccccc1)c1cc4c(cc1B3c1ccccc1N2c1ccccc1)B1c2ccccc2N(c2ccccc2)c2cc(C)cc(c21)N4c1ccccc1. The highest BCUT2D eigenvalue weighted by Gasteiger charge is 2.48. The van der Waals surface area contributed by atoms with Crippen LogP contribution in [0.25, 0.3) is 0 Å². The fourth-order valence-electron chi connectivity index (χ4n) is 11.1. The summed E-state index contributed by atoms with van der Waals surface area (Å²) < 4.78 is 0. The number of hydrogen-bond donors (Lipinski definition) is 0. The first-order valence-electron chi connectivity index (χ1n) is 21.7. The van der Waals surface area contributed by atoms with Crippen LogP contribution >= 0.6 is 0 Å². The largest absolute Gasteiger partial charge is 0.311 e. The van der Waals surface area contributed by atoms with Crippen LogP contribution in [0.15, 0.2) is 206 Å². The van der Waals surface area contributed by atoms with Gasteiger partial charge in [-0.25, -0.2) is 0 Å². The highest BCUT2D eigenvalue weighted by molar-refractivity contribution is 7.03. The van der Waals surface area contributed by atoms with Crippen LogP contribution < -0.4 is 52.4 Å². The molecule has 62 heavy (non-hydrogen) atoms. The third-order valence-electron chi connectivity index (χ3n) is 13.4. The van der Waals surface area contributed by atoms with Crippen molar-refractivity contribution in [3.8, 4) is 0 Å². The molecule has 0 aliphatic carbocycles. The molecule has 0 amide bonds. The minimum absolute atomic E-state index is 0.000682. The molecule has 0 bridgehead atoms. The monoisotopic (exact) mass is 790 g/mol. The lowest BCUT2D eigenvalue weighted by Gasteiger charge is -2.47. The first-order valence-corrected chi connectivity index (χ1v) is 21.7. The van der Waals surface area contributed by atoms with Gasteiger partial charge in [0.15, 0.2) is 0 Å². The quantitative estimate of drug-likeness (QED) is 0.165. The molecule has 0 radical (unpaired) electrons. The predicted octanol–water partition coefficient (Wildman–Crippen LogP) is 10.5. The van der Waals surface area contributed by atoms with Crippen LogP contribution in [0.1, 0.15) is 11.1 Å². The summed E-state index contributed by atoms with van der Waals surface area (Å²) in [5.41, 5.74) is 24.8. The molecule has 6 heteroatoms. The van der Waals surface area contributed by atoms with Gasteiger partial charge in [0.2, 0.25) is 0 Å². The Kier molecular flexibility index (Phi) is 7.59. The van der Waals surface area contributed by atoms with E-state index in [0.717, 1.165) is 22.7 Å². The minimum Gasteiger partial charge on any atom is -0.311 e. The van der Waals surface area contributed by atoms with E-state index in [2.05, 4.69) is 240 Å². The Morgan fingerprint density at radius 1 is 0.258 bits per heavy atom. The summed E-state index contributed by atoms with van der Waals surface area (Å²) in [5, 5.41) is 0. The van der Waals surface area contributed by atoms with Gasteiger partial charge in [-0.3, -0.25) is 0 Å². The normalized spacial score (nSPS) is 13.8. The summed E-state index contributed by atoms with van der Waals surface area (Å²) in [5.74, 6) is 0. The second-order valence-corrected chi connectivity index (χ2v) is 17.1. The van der Waals surface area contributed by atoms with Crippen LogP contribution in [-0.2, 0) is 0 Å². The molecule has 9 aromatic carbocycles. The van der Waals surface area contributed by atoms with E-state index in [0.29, 0.717) is 0 Å². The van der Waals surface area contributed by atoms with Crippen molar-refractivity contribution >= 4 is 114 Å². The zero-order valence-electron chi connectivity index (χ0n) is 34.6. The molecular weight excluding hydrogens is 750 g/mol. The van der Waals surface area contributed by atoms with Crippen molar-refractivity contribution in [2.24, 2.45) is 0 Å². The lowest BCUT2D eigenvalue weighted by molar-refractivity contribution is 1.22. The van der Waals surface area contributed by atoms with Crippen molar-refractivity contribution in [2.75, 3.05) is 19.6 Å². The van der Waals surface area contributed by atoms with Crippen molar-refractivity contribution in [1.82, 2.24) is 0 Å². The van der Waals surface area contributed by atoms with E-state index in [4.69, 9.17) is 0 Å². The molecule has 0 unspecified atom stereocenters. The lowest BCUT2D eigenvalue weighted by Crippen LogP contribution is -2.65. The van der Waals surface area contributed by atoms with E-state index < -0.39 is 0 Å². The van der Waals surface area contributed by atoms with Gasteiger partial charge in [0, 0.05) is 68.2 Å². The number of rotatable bonds is 4. The van der Waals surface area contributed by atoms with Crippen molar-refractivity contribution in [3.63, 3.8) is 0 Å². The maximum Gasteiger partial charge on any atom is 0.252 e. The van der Waals surface area contributed by atoms with Gasteiger partial charge in [0.1, 0.15) is 0 Å². The van der Waals surface area contributed by atoms with Crippen LogP contribution in [0.2, 0.25) is 0 Å². The second kappa shape index (κ2) is 13.4. The standard InChI is InChI=1S/C56H40B2N4/c1-37-31-51-55-53(33-37)61(41-23-11-5-12-24-41)49-36-50-46(35-45(49)57(55)43-27-15-17-29-47(43)59(51)39-19-7-3-8-20-39)58-44-28-16-18-30-48(44)60(40-21-9-4-10-22-40)52-32-38(2)34-54(56(52)58)62(50)42-25-13-6-14-26-42/h3-36H,1-2H3. The Hall–Kier alpha value is -7.69. The number of hydrogen-bond acceptors (Lipinski definition) is 4. The second-order valence-electron chi connectivity index (χ2n) is 17.1. The van der Waals surface area contributed by atoms with E-state index in [1.54, 1.807) is 0 Å². The average molecular weight is 791 g/mol. The van der Waals surface area contributed by atoms with Gasteiger partial charge in [-0.1, -0.05) is 115 Å². The Morgan fingerprint density at radius 3 is 0.887 bits per heavy atom. The molecule has 0 saturated heterocycles. The summed E-state index contributed by atoms with van der Waals surface area (Å²) >= 11 is 0. The van der Waals surface area contributed by atoms with Gasteiger partial charge in [-0.2, -0.15) is 0 Å². The fraction of sp³-hybridized carbons (Fsp3) is 0.0357. The molecule has 0 spiro atoms. The molecule has 0 aromatic heterocycles. The Morgan fingerprint density at radius 2 is 0.548 bits per heavy atom. The van der Waals surface area contributed by atoms with Crippen molar-refractivity contribution in [3.05, 3.63) is 217 Å². The maximum atomic E-state index is 2.61. The fourth-order valence-corrected chi connectivity index (χ4v) is 11.1. The Labute approximate surface area is 363 Å². The van der Waals surface area contributed by atoms with Crippen LogP contribution in [0.4, 0.5) is 68.2 Å². The lowest BCUT2D eigenvalue weighted by atomic mass is 9.30. The number of aryl methyl sites for hydroxylation is 2. The summed E-state index contributed by atoms with van der Waals surface area (Å²) in [6.07, 6.45) is 0. The van der Waals surface area contributed by atoms with Gasteiger partial charge in [0.05, 0.1) is 0 Å². The number of fused-ring (bicyclic) bond motifs is 8. The minimum atomic E-state index is 0.000682. The highest BCUT2D eigenvalue weighted by Crippen LogP contribution is 2.48. The zero-order chi connectivity index (χ0) is 41.1. The van der Waals surface area contributed by atoms with Crippen molar-refractivity contribution < 1.29 is 0 Å². The van der Waals surface area contributed by atoms with E-state index in [-0.39, 0.29) is 13.4 Å². The maximum absolute atomic E-state index is 2.61. The first-order chi connectivity index (χ1) is 30.6. The molecule has 13 rings (SSSR count). The zero-order valence-corrected chi connectivity index (χ0v) is 34.6. The van der Waals surface area contributed by atoms with Gasteiger partial charge < -0.3 is 19.6 Å². The van der Waals surface area contributed by atoms with Gasteiger partial charge >= 0.3 is 0 Å². The molecule has 290 valence electrons. The van der Waals surface area contributed by atoms with E-state index >= 15 is 0 Å². The van der Waals surface area contributed by atoms with Gasteiger partial charge in [-0.15, -0.1) is 0 Å². The third kappa shape index (κ3) is 4.98. The third-order valence-corrected chi connectivity index (χ3v) is 13.4. The molecule has 0 fully saturated rings. The molecule has 0 N–H and O–H groups in total. The molecular formula is C56H40B2N4. The molecule has 9 aromatic rings. The number of nitrogens with zero attached hydrogens (tertiary/aromatic N) is 4. The molecule has 4 aliphatic rings. The molecule has 4 nitrogen and oxygen atoms in total. The number of para-hydroxylation sites is 6. The summed E-state index contributed by atoms with van der Waals surface area (Å²) in [6.45, 7) is 4.49. The molecule has 4 heterocycles. The molecule has 4 aliphatic heterocycles. The van der Waals surface area contributed by atoms with Crippen LogP contribution in [0, 0.1) is 13.8 Å². The highest BCUT2D eigenvalue weighted by atomic mass is 15.2.